The van der Waals surface area contributed by atoms with Gasteiger partial charge in [-0.3, -0.25) is 0 Å². The summed E-state index contributed by atoms with van der Waals surface area (Å²) in [5, 5.41) is 7.85. The van der Waals surface area contributed by atoms with Crippen LogP contribution in [0.25, 0.3) is 5.69 Å². The van der Waals surface area contributed by atoms with E-state index >= 15 is 0 Å². The van der Waals surface area contributed by atoms with Crippen LogP contribution in [0, 0.1) is 0 Å². The van der Waals surface area contributed by atoms with Crippen LogP contribution in [0.3, 0.4) is 0 Å². The summed E-state index contributed by atoms with van der Waals surface area (Å²) in [5.74, 6) is 0. The minimum absolute atomic E-state index is 0.984. The van der Waals surface area contributed by atoms with Crippen molar-refractivity contribution in [2.24, 2.45) is 0 Å². The minimum atomic E-state index is 0.984. The molecule has 0 unspecified atom stereocenters. The molecule has 1 aromatic heterocycles. The zero-order valence-electron chi connectivity index (χ0n) is 10.3. The first kappa shape index (κ1) is 10.1. The highest BCUT2D eigenvalue weighted by atomic mass is 15.3. The Labute approximate surface area is 106 Å². The summed E-state index contributed by atoms with van der Waals surface area (Å²) in [6.45, 7) is 4.31. The first-order chi connectivity index (χ1) is 8.93. The average Bonchev–Trinajstić information content (AvgIpc) is 3.00. The van der Waals surface area contributed by atoms with Crippen LogP contribution >= 0.6 is 0 Å². The van der Waals surface area contributed by atoms with E-state index in [4.69, 9.17) is 0 Å². The molecular formula is C14H16N4. The standard InChI is InChI=1S/C14H16N4/c1-5-16-18(7-1)13-3-2-11-10-15-6-9-17-8-4-12(13)14(11)17/h1-3,5,7,15H,4,6,8-10H2. The van der Waals surface area contributed by atoms with E-state index in [-0.39, 0.29) is 0 Å². The molecule has 2 aliphatic rings. The van der Waals surface area contributed by atoms with Crippen LogP contribution in [0.15, 0.2) is 30.6 Å². The number of hydrogen-bond donors (Lipinski definition) is 1. The maximum atomic E-state index is 4.37. The van der Waals surface area contributed by atoms with Crippen molar-refractivity contribution < 1.29 is 0 Å². The molecule has 0 saturated carbocycles. The number of anilines is 1. The number of benzene rings is 1. The Kier molecular flexibility index (Phi) is 2.17. The highest BCUT2D eigenvalue weighted by molar-refractivity contribution is 5.70. The van der Waals surface area contributed by atoms with Crippen LogP contribution < -0.4 is 10.2 Å². The van der Waals surface area contributed by atoms with E-state index < -0.39 is 0 Å². The van der Waals surface area contributed by atoms with Crippen LogP contribution in [-0.4, -0.2) is 29.4 Å². The van der Waals surface area contributed by atoms with E-state index in [0.29, 0.717) is 0 Å². The summed E-state index contributed by atoms with van der Waals surface area (Å²) < 4.78 is 1.98. The average molecular weight is 240 g/mol. The van der Waals surface area contributed by atoms with Crippen molar-refractivity contribution in [2.45, 2.75) is 13.0 Å². The molecular weight excluding hydrogens is 224 g/mol. The molecule has 0 spiro atoms. The molecule has 4 heteroatoms. The van der Waals surface area contributed by atoms with E-state index in [1.54, 1.807) is 0 Å². The zero-order chi connectivity index (χ0) is 11.9. The van der Waals surface area contributed by atoms with Gasteiger partial charge < -0.3 is 10.2 Å². The molecule has 3 heterocycles. The Hall–Kier alpha value is -1.81. The van der Waals surface area contributed by atoms with E-state index in [2.05, 4.69) is 27.4 Å². The molecule has 2 aliphatic heterocycles. The molecule has 0 aliphatic carbocycles. The van der Waals surface area contributed by atoms with Gasteiger partial charge in [-0.1, -0.05) is 6.07 Å². The second-order valence-corrected chi connectivity index (χ2v) is 4.94. The summed E-state index contributed by atoms with van der Waals surface area (Å²) >= 11 is 0. The lowest BCUT2D eigenvalue weighted by Gasteiger charge is -2.19. The molecule has 18 heavy (non-hydrogen) atoms. The van der Waals surface area contributed by atoms with Gasteiger partial charge in [0.2, 0.25) is 0 Å². The van der Waals surface area contributed by atoms with Crippen molar-refractivity contribution in [3.05, 3.63) is 41.7 Å². The van der Waals surface area contributed by atoms with E-state index in [1.807, 2.05) is 23.1 Å². The van der Waals surface area contributed by atoms with Gasteiger partial charge in [0.15, 0.2) is 0 Å². The van der Waals surface area contributed by atoms with Gasteiger partial charge in [-0.05, 0) is 24.1 Å². The molecule has 1 aromatic carbocycles. The highest BCUT2D eigenvalue weighted by Crippen LogP contribution is 2.36. The molecule has 0 bridgehead atoms. The third kappa shape index (κ3) is 1.39. The Morgan fingerprint density at radius 1 is 1.22 bits per heavy atom. The first-order valence-electron chi connectivity index (χ1n) is 6.54. The van der Waals surface area contributed by atoms with Gasteiger partial charge >= 0.3 is 0 Å². The second kappa shape index (κ2) is 3.85. The van der Waals surface area contributed by atoms with Crippen molar-refractivity contribution in [3.8, 4) is 5.69 Å². The van der Waals surface area contributed by atoms with Crippen LogP contribution in [0.4, 0.5) is 5.69 Å². The molecule has 0 fully saturated rings. The normalized spacial score (nSPS) is 17.7. The fourth-order valence-corrected chi connectivity index (χ4v) is 3.10. The number of rotatable bonds is 1. The lowest BCUT2D eigenvalue weighted by Crippen LogP contribution is -2.27. The summed E-state index contributed by atoms with van der Waals surface area (Å²) in [7, 11) is 0. The van der Waals surface area contributed by atoms with Crippen molar-refractivity contribution in [3.63, 3.8) is 0 Å². The van der Waals surface area contributed by atoms with Crippen LogP contribution in [0.2, 0.25) is 0 Å². The molecule has 0 atom stereocenters. The smallest absolute Gasteiger partial charge is 0.0699 e. The third-order valence-corrected chi connectivity index (χ3v) is 3.91. The monoisotopic (exact) mass is 240 g/mol. The topological polar surface area (TPSA) is 33.1 Å². The fraction of sp³-hybridized carbons (Fsp3) is 0.357. The number of nitrogens with one attached hydrogen (secondary N) is 1. The summed E-state index contributed by atoms with van der Waals surface area (Å²) in [6, 6.07) is 6.43. The number of hydrogen-bond acceptors (Lipinski definition) is 3. The van der Waals surface area contributed by atoms with Crippen LogP contribution in [0.1, 0.15) is 11.1 Å². The second-order valence-electron chi connectivity index (χ2n) is 4.94. The molecule has 4 rings (SSSR count). The van der Waals surface area contributed by atoms with Gasteiger partial charge in [0.1, 0.15) is 0 Å². The Bertz CT molecular complexity index is 574. The Morgan fingerprint density at radius 2 is 2.22 bits per heavy atom. The lowest BCUT2D eigenvalue weighted by atomic mass is 10.0. The minimum Gasteiger partial charge on any atom is -0.369 e. The maximum Gasteiger partial charge on any atom is 0.0699 e. The molecule has 1 N–H and O–H groups in total. The predicted octanol–water partition coefficient (Wildman–Crippen LogP) is 1.34. The molecule has 92 valence electrons. The van der Waals surface area contributed by atoms with Crippen molar-refractivity contribution >= 4 is 5.69 Å². The molecule has 2 aromatic rings. The highest BCUT2D eigenvalue weighted by Gasteiger charge is 2.26. The Morgan fingerprint density at radius 3 is 3.11 bits per heavy atom. The molecule has 0 radical (unpaired) electrons. The van der Waals surface area contributed by atoms with E-state index in [9.17, 15) is 0 Å². The lowest BCUT2D eigenvalue weighted by molar-refractivity contribution is 0.692. The molecule has 0 saturated heterocycles. The van der Waals surface area contributed by atoms with Gasteiger partial charge in [0.25, 0.3) is 0 Å². The van der Waals surface area contributed by atoms with Gasteiger partial charge in [-0.25, -0.2) is 4.68 Å². The first-order valence-corrected chi connectivity index (χ1v) is 6.54. The molecule has 4 nitrogen and oxygen atoms in total. The summed E-state index contributed by atoms with van der Waals surface area (Å²) in [6.07, 6.45) is 5.00. The largest absolute Gasteiger partial charge is 0.369 e. The predicted molar refractivity (Wildman–Crippen MR) is 71.2 cm³/mol. The van der Waals surface area contributed by atoms with Gasteiger partial charge in [0.05, 0.1) is 5.69 Å². The third-order valence-electron chi connectivity index (χ3n) is 3.91. The van der Waals surface area contributed by atoms with Crippen LogP contribution in [0.5, 0.6) is 0 Å². The SMILES string of the molecule is c1cnn(-c2ccc3c4c2CCN4CCNC3)c1. The van der Waals surface area contributed by atoms with Crippen molar-refractivity contribution in [1.29, 1.82) is 0 Å². The number of nitrogens with zero attached hydrogens (tertiary/aromatic N) is 3. The van der Waals surface area contributed by atoms with E-state index in [0.717, 1.165) is 32.6 Å². The van der Waals surface area contributed by atoms with Crippen molar-refractivity contribution in [1.82, 2.24) is 15.1 Å². The van der Waals surface area contributed by atoms with Gasteiger partial charge in [-0.15, -0.1) is 0 Å². The Balaban J connectivity index is 1.92. The van der Waals surface area contributed by atoms with Crippen molar-refractivity contribution in [2.75, 3.05) is 24.5 Å². The molecule has 0 amide bonds. The summed E-state index contributed by atoms with van der Waals surface area (Å²) in [4.78, 5) is 2.51. The summed E-state index contributed by atoms with van der Waals surface area (Å²) in [5.41, 5.74) is 5.58. The van der Waals surface area contributed by atoms with E-state index in [1.165, 1.54) is 22.5 Å². The maximum absolute atomic E-state index is 4.37. The number of aromatic nitrogens is 2. The van der Waals surface area contributed by atoms with Crippen LogP contribution in [-0.2, 0) is 13.0 Å². The quantitative estimate of drug-likeness (QED) is 0.816. The van der Waals surface area contributed by atoms with Gasteiger partial charge in [0, 0.05) is 49.8 Å². The van der Waals surface area contributed by atoms with Gasteiger partial charge in [-0.2, -0.15) is 5.10 Å². The zero-order valence-corrected chi connectivity index (χ0v) is 10.3. The fourth-order valence-electron chi connectivity index (χ4n) is 3.10.